The number of amides is 2. The number of hydrogen-bond acceptors (Lipinski definition) is 6. The third kappa shape index (κ3) is 5.03. The van der Waals surface area contributed by atoms with Gasteiger partial charge in [-0.15, -0.1) is 0 Å². The molecule has 1 aromatic heterocycles. The molecule has 9 nitrogen and oxygen atoms in total. The summed E-state index contributed by atoms with van der Waals surface area (Å²) < 4.78 is 15.9. The van der Waals surface area contributed by atoms with E-state index < -0.39 is 11.9 Å². The van der Waals surface area contributed by atoms with Crippen LogP contribution in [0.5, 0.6) is 11.5 Å². The van der Waals surface area contributed by atoms with Gasteiger partial charge in [-0.3, -0.25) is 9.59 Å². The molecule has 0 aliphatic carbocycles. The fourth-order valence-corrected chi connectivity index (χ4v) is 3.55. The van der Waals surface area contributed by atoms with Crippen LogP contribution in [-0.2, 0) is 4.74 Å². The number of aromatic amines is 1. The van der Waals surface area contributed by atoms with Crippen LogP contribution in [0.25, 0.3) is 0 Å². The number of rotatable bonds is 8. The molecule has 2 aromatic carbocycles. The highest BCUT2D eigenvalue weighted by Crippen LogP contribution is 2.37. The molecular weight excluding hydrogens is 438 g/mol. The smallest absolute Gasteiger partial charge is 0.340 e. The van der Waals surface area contributed by atoms with Crippen molar-refractivity contribution in [1.82, 2.24) is 4.98 Å². The maximum Gasteiger partial charge on any atom is 0.340 e. The average molecular weight is 466 g/mol. The number of methoxy groups -OCH3 is 2. The first-order valence-corrected chi connectivity index (χ1v) is 10.6. The summed E-state index contributed by atoms with van der Waals surface area (Å²) in [6.07, 6.45) is 0. The number of ether oxygens (including phenoxy) is 3. The van der Waals surface area contributed by atoms with E-state index in [0.29, 0.717) is 45.3 Å². The molecule has 3 rings (SSSR count). The Kier molecular flexibility index (Phi) is 7.57. The minimum Gasteiger partial charge on any atom is -0.494 e. The van der Waals surface area contributed by atoms with Gasteiger partial charge in [0.25, 0.3) is 11.8 Å². The Labute approximate surface area is 197 Å². The van der Waals surface area contributed by atoms with Crippen LogP contribution >= 0.6 is 0 Å². The molecule has 0 aliphatic rings. The molecule has 0 aliphatic heterocycles. The van der Waals surface area contributed by atoms with E-state index in [4.69, 9.17) is 14.2 Å². The molecule has 3 aromatic rings. The van der Waals surface area contributed by atoms with E-state index in [9.17, 15) is 14.4 Å². The summed E-state index contributed by atoms with van der Waals surface area (Å²) in [6.45, 7) is 5.32. The van der Waals surface area contributed by atoms with Crippen LogP contribution in [0, 0.1) is 13.8 Å². The lowest BCUT2D eigenvalue weighted by atomic mass is 10.1. The van der Waals surface area contributed by atoms with Crippen LogP contribution in [0.15, 0.2) is 42.5 Å². The first-order chi connectivity index (χ1) is 16.3. The zero-order chi connectivity index (χ0) is 24.8. The second-order valence-electron chi connectivity index (χ2n) is 7.37. The molecule has 3 N–H and O–H groups in total. The molecule has 1 heterocycles. The SMILES string of the molecule is CCOC(=O)c1c(C)[nH]c(C(=O)Nc2cc(OC)c(NC(=O)c3ccccc3)cc2OC)c1C. The fraction of sp³-hybridized carbons (Fsp3) is 0.240. The molecule has 0 radical (unpaired) electrons. The molecule has 2 amide bonds. The average Bonchev–Trinajstić information content (AvgIpc) is 3.14. The summed E-state index contributed by atoms with van der Waals surface area (Å²) in [7, 11) is 2.90. The maximum absolute atomic E-state index is 13.0. The van der Waals surface area contributed by atoms with E-state index in [-0.39, 0.29) is 18.2 Å². The number of aromatic nitrogens is 1. The van der Waals surface area contributed by atoms with Crippen LogP contribution in [0.3, 0.4) is 0 Å². The quantitative estimate of drug-likeness (QED) is 0.426. The number of carbonyl (C=O) groups is 3. The molecule has 0 saturated carbocycles. The highest BCUT2D eigenvalue weighted by molar-refractivity contribution is 6.08. The van der Waals surface area contributed by atoms with Crippen molar-refractivity contribution in [3.8, 4) is 11.5 Å². The van der Waals surface area contributed by atoms with Crippen molar-refractivity contribution >= 4 is 29.2 Å². The summed E-state index contributed by atoms with van der Waals surface area (Å²) in [5.74, 6) is -0.652. The van der Waals surface area contributed by atoms with Crippen LogP contribution in [0.1, 0.15) is 49.4 Å². The van der Waals surface area contributed by atoms with Crippen LogP contribution in [0.4, 0.5) is 11.4 Å². The Balaban J connectivity index is 1.89. The highest BCUT2D eigenvalue weighted by atomic mass is 16.5. The van der Waals surface area contributed by atoms with Gasteiger partial charge in [-0.05, 0) is 38.5 Å². The Bertz CT molecular complexity index is 1220. The standard InChI is InChI=1S/C25H27N3O6/c1-6-34-25(31)21-14(2)22(26-15(21)3)24(30)28-18-13-19(32-4)17(12-20(18)33-5)27-23(29)16-10-8-7-9-11-16/h7-13,26H,6H2,1-5H3,(H,27,29)(H,28,30). The second-order valence-corrected chi connectivity index (χ2v) is 7.37. The van der Waals surface area contributed by atoms with E-state index in [1.165, 1.54) is 14.2 Å². The van der Waals surface area contributed by atoms with Crippen molar-refractivity contribution in [2.24, 2.45) is 0 Å². The van der Waals surface area contributed by atoms with E-state index >= 15 is 0 Å². The Morgan fingerprint density at radius 2 is 1.44 bits per heavy atom. The van der Waals surface area contributed by atoms with Gasteiger partial charge < -0.3 is 29.8 Å². The molecule has 34 heavy (non-hydrogen) atoms. The molecule has 0 fully saturated rings. The number of hydrogen-bond donors (Lipinski definition) is 3. The van der Waals surface area contributed by atoms with Gasteiger partial charge in [0.05, 0.1) is 37.8 Å². The first-order valence-electron chi connectivity index (χ1n) is 10.6. The van der Waals surface area contributed by atoms with Gasteiger partial charge in [0.15, 0.2) is 0 Å². The molecule has 0 bridgehead atoms. The Morgan fingerprint density at radius 1 is 0.882 bits per heavy atom. The van der Waals surface area contributed by atoms with Crippen LogP contribution in [0.2, 0.25) is 0 Å². The van der Waals surface area contributed by atoms with Gasteiger partial charge in [-0.1, -0.05) is 18.2 Å². The number of aryl methyl sites for hydroxylation is 1. The lowest BCUT2D eigenvalue weighted by Gasteiger charge is -2.16. The third-order valence-corrected chi connectivity index (χ3v) is 5.20. The zero-order valence-electron chi connectivity index (χ0n) is 19.7. The van der Waals surface area contributed by atoms with Gasteiger partial charge >= 0.3 is 5.97 Å². The van der Waals surface area contributed by atoms with Gasteiger partial charge in [0, 0.05) is 23.4 Å². The van der Waals surface area contributed by atoms with Crippen molar-refractivity contribution in [2.75, 3.05) is 31.5 Å². The second kappa shape index (κ2) is 10.6. The summed E-state index contributed by atoms with van der Waals surface area (Å²) >= 11 is 0. The number of nitrogens with one attached hydrogen (secondary N) is 3. The summed E-state index contributed by atoms with van der Waals surface area (Å²) in [6, 6.07) is 11.9. The largest absolute Gasteiger partial charge is 0.494 e. The van der Waals surface area contributed by atoms with Gasteiger partial charge in [-0.25, -0.2) is 4.79 Å². The number of H-pyrrole nitrogens is 1. The molecular formula is C25H27N3O6. The molecule has 0 saturated heterocycles. The number of carbonyl (C=O) groups excluding carboxylic acids is 3. The van der Waals surface area contributed by atoms with Crippen molar-refractivity contribution in [1.29, 1.82) is 0 Å². The summed E-state index contributed by atoms with van der Waals surface area (Å²) in [4.78, 5) is 40.8. The van der Waals surface area contributed by atoms with Crippen molar-refractivity contribution < 1.29 is 28.6 Å². The highest BCUT2D eigenvalue weighted by Gasteiger charge is 2.24. The third-order valence-electron chi connectivity index (χ3n) is 5.20. The number of anilines is 2. The predicted molar refractivity (Wildman–Crippen MR) is 128 cm³/mol. The molecule has 9 heteroatoms. The Hall–Kier alpha value is -4.27. The molecule has 0 unspecified atom stereocenters. The van der Waals surface area contributed by atoms with E-state index in [0.717, 1.165) is 0 Å². The van der Waals surface area contributed by atoms with Crippen LogP contribution in [-0.4, -0.2) is 43.6 Å². The number of esters is 1. The molecule has 0 spiro atoms. The van der Waals surface area contributed by atoms with Crippen LogP contribution < -0.4 is 20.1 Å². The van der Waals surface area contributed by atoms with Gasteiger partial charge in [-0.2, -0.15) is 0 Å². The minimum absolute atomic E-state index is 0.225. The van der Waals surface area contributed by atoms with E-state index in [1.807, 2.05) is 6.07 Å². The normalized spacial score (nSPS) is 10.4. The van der Waals surface area contributed by atoms with E-state index in [2.05, 4.69) is 15.6 Å². The lowest BCUT2D eigenvalue weighted by molar-refractivity contribution is 0.0524. The summed E-state index contributed by atoms with van der Waals surface area (Å²) in [5.41, 5.74) is 2.75. The topological polar surface area (TPSA) is 119 Å². The molecule has 178 valence electrons. The fourth-order valence-electron chi connectivity index (χ4n) is 3.55. The van der Waals surface area contributed by atoms with Gasteiger partial charge in [0.1, 0.15) is 17.2 Å². The van der Waals surface area contributed by atoms with Crippen molar-refractivity contribution in [3.63, 3.8) is 0 Å². The van der Waals surface area contributed by atoms with Gasteiger partial charge in [0.2, 0.25) is 0 Å². The minimum atomic E-state index is -0.495. The lowest BCUT2D eigenvalue weighted by Crippen LogP contribution is -2.16. The maximum atomic E-state index is 13.0. The monoisotopic (exact) mass is 465 g/mol. The number of benzene rings is 2. The first kappa shape index (κ1) is 24.4. The Morgan fingerprint density at radius 3 is 1.97 bits per heavy atom. The zero-order valence-corrected chi connectivity index (χ0v) is 19.7. The predicted octanol–water partition coefficient (Wildman–Crippen LogP) is 4.33. The van der Waals surface area contributed by atoms with E-state index in [1.54, 1.807) is 57.2 Å². The summed E-state index contributed by atoms with van der Waals surface area (Å²) in [5, 5.41) is 5.57. The van der Waals surface area contributed by atoms with Crippen molar-refractivity contribution in [3.05, 3.63) is 70.5 Å². The molecule has 0 atom stereocenters. The van der Waals surface area contributed by atoms with Crippen molar-refractivity contribution in [2.45, 2.75) is 20.8 Å².